The Bertz CT molecular complexity index is 953. The van der Waals surface area contributed by atoms with Crippen molar-refractivity contribution in [3.8, 4) is 0 Å². The van der Waals surface area contributed by atoms with Gasteiger partial charge in [0.25, 0.3) is 0 Å². The molecule has 0 aliphatic carbocycles. The zero-order chi connectivity index (χ0) is 21.3. The highest BCUT2D eigenvalue weighted by molar-refractivity contribution is 5.88. The van der Waals surface area contributed by atoms with Gasteiger partial charge in [0.15, 0.2) is 5.78 Å². The highest BCUT2D eigenvalue weighted by Crippen LogP contribution is 2.22. The highest BCUT2D eigenvalue weighted by Gasteiger charge is 2.19. The van der Waals surface area contributed by atoms with Crippen LogP contribution in [0.2, 0.25) is 0 Å². The Morgan fingerprint density at radius 3 is 1.97 bits per heavy atom. The molecule has 0 bridgehead atoms. The minimum absolute atomic E-state index is 0.0506. The average Bonchev–Trinajstić information content (AvgIpc) is 2.76. The summed E-state index contributed by atoms with van der Waals surface area (Å²) in [6, 6.07) is 27.4. The van der Waals surface area contributed by atoms with E-state index in [0.717, 1.165) is 16.7 Å². The Balaban J connectivity index is 1.67. The normalized spacial score (nSPS) is 12.7. The summed E-state index contributed by atoms with van der Waals surface area (Å²) < 4.78 is 0. The Morgan fingerprint density at radius 2 is 1.37 bits per heavy atom. The van der Waals surface area contributed by atoms with Gasteiger partial charge in [0.2, 0.25) is 5.91 Å². The van der Waals surface area contributed by atoms with E-state index < -0.39 is 6.04 Å². The minimum atomic E-state index is -0.531. The summed E-state index contributed by atoms with van der Waals surface area (Å²) in [6.07, 6.45) is 0.488. The number of Topliss-reactive ketones (excluding diaryl/α,β-unsaturated/α-hetero) is 1. The second kappa shape index (κ2) is 10.5. The first-order valence-corrected chi connectivity index (χ1v) is 10.2. The van der Waals surface area contributed by atoms with E-state index in [0.29, 0.717) is 6.42 Å². The standard InChI is InChI=1S/C26H28N2O2/c1-19-13-15-23(16-14-19)26(22-11-7-4-8-12-22)27-18-25(30)28-24(20(2)29)17-21-9-5-3-6-10-21/h3-16,24,26-27H,17-18H2,1-2H3,(H,28,30)/t24-,26+/m0/s1. The lowest BCUT2D eigenvalue weighted by Crippen LogP contribution is -2.45. The van der Waals surface area contributed by atoms with Crippen LogP contribution in [-0.4, -0.2) is 24.3 Å². The van der Waals surface area contributed by atoms with Crippen LogP contribution in [0.15, 0.2) is 84.9 Å². The van der Waals surface area contributed by atoms with Crippen LogP contribution in [0.25, 0.3) is 0 Å². The molecule has 0 radical (unpaired) electrons. The molecular weight excluding hydrogens is 372 g/mol. The summed E-state index contributed by atoms with van der Waals surface area (Å²) in [5.41, 5.74) is 4.38. The molecule has 0 fully saturated rings. The molecule has 2 atom stereocenters. The van der Waals surface area contributed by atoms with Crippen molar-refractivity contribution in [2.75, 3.05) is 6.54 Å². The number of amides is 1. The third-order valence-corrected chi connectivity index (χ3v) is 5.12. The van der Waals surface area contributed by atoms with Crippen molar-refractivity contribution in [2.45, 2.75) is 32.4 Å². The second-order valence-electron chi connectivity index (χ2n) is 7.56. The van der Waals surface area contributed by atoms with Crippen LogP contribution in [0.5, 0.6) is 0 Å². The molecule has 3 rings (SSSR count). The Labute approximate surface area is 178 Å². The van der Waals surface area contributed by atoms with E-state index in [1.807, 2.05) is 60.7 Å². The van der Waals surface area contributed by atoms with Crippen LogP contribution >= 0.6 is 0 Å². The van der Waals surface area contributed by atoms with Crippen LogP contribution in [-0.2, 0) is 16.0 Å². The molecule has 0 aliphatic rings. The molecule has 0 unspecified atom stereocenters. The fourth-order valence-corrected chi connectivity index (χ4v) is 3.42. The lowest BCUT2D eigenvalue weighted by molar-refractivity contribution is -0.126. The lowest BCUT2D eigenvalue weighted by atomic mass is 9.98. The van der Waals surface area contributed by atoms with Gasteiger partial charge in [-0.2, -0.15) is 0 Å². The number of rotatable bonds is 9. The van der Waals surface area contributed by atoms with Crippen LogP contribution in [0.1, 0.15) is 35.2 Å². The summed E-state index contributed by atoms with van der Waals surface area (Å²) in [5, 5.41) is 6.24. The molecule has 30 heavy (non-hydrogen) atoms. The van der Waals surface area contributed by atoms with Crippen molar-refractivity contribution in [3.63, 3.8) is 0 Å². The molecule has 0 aromatic heterocycles. The van der Waals surface area contributed by atoms with Crippen molar-refractivity contribution < 1.29 is 9.59 Å². The molecule has 3 aromatic carbocycles. The average molecular weight is 401 g/mol. The Kier molecular flexibility index (Phi) is 7.52. The molecule has 0 saturated carbocycles. The van der Waals surface area contributed by atoms with Gasteiger partial charge in [-0.05, 0) is 37.0 Å². The maximum atomic E-state index is 12.6. The molecule has 2 N–H and O–H groups in total. The number of ketones is 1. The largest absolute Gasteiger partial charge is 0.345 e. The maximum Gasteiger partial charge on any atom is 0.234 e. The first-order valence-electron chi connectivity index (χ1n) is 10.2. The van der Waals surface area contributed by atoms with Crippen molar-refractivity contribution in [2.24, 2.45) is 0 Å². The van der Waals surface area contributed by atoms with Gasteiger partial charge in [-0.1, -0.05) is 90.5 Å². The van der Waals surface area contributed by atoms with Crippen LogP contribution in [0.4, 0.5) is 0 Å². The van der Waals surface area contributed by atoms with Gasteiger partial charge < -0.3 is 5.32 Å². The molecule has 0 aliphatic heterocycles. The monoisotopic (exact) mass is 400 g/mol. The number of nitrogens with one attached hydrogen (secondary N) is 2. The van der Waals surface area contributed by atoms with Gasteiger partial charge in [-0.15, -0.1) is 0 Å². The van der Waals surface area contributed by atoms with Crippen molar-refractivity contribution in [1.82, 2.24) is 10.6 Å². The molecular formula is C26H28N2O2. The quantitative estimate of drug-likeness (QED) is 0.571. The Hall–Kier alpha value is -3.24. The number of hydrogen-bond donors (Lipinski definition) is 2. The predicted octanol–water partition coefficient (Wildman–Crippen LogP) is 3.99. The van der Waals surface area contributed by atoms with Gasteiger partial charge >= 0.3 is 0 Å². The predicted molar refractivity (Wildman–Crippen MR) is 120 cm³/mol. The molecule has 0 heterocycles. The van der Waals surface area contributed by atoms with Crippen LogP contribution in [0, 0.1) is 6.92 Å². The Morgan fingerprint density at radius 1 is 0.800 bits per heavy atom. The van der Waals surface area contributed by atoms with E-state index in [-0.39, 0.29) is 24.3 Å². The first kappa shape index (κ1) is 21.5. The van der Waals surface area contributed by atoms with Gasteiger partial charge in [0, 0.05) is 0 Å². The van der Waals surface area contributed by atoms with Crippen LogP contribution in [0.3, 0.4) is 0 Å². The first-order chi connectivity index (χ1) is 14.5. The smallest absolute Gasteiger partial charge is 0.234 e. The molecule has 154 valence electrons. The van der Waals surface area contributed by atoms with E-state index in [2.05, 4.69) is 41.8 Å². The van der Waals surface area contributed by atoms with E-state index in [1.165, 1.54) is 12.5 Å². The van der Waals surface area contributed by atoms with Gasteiger partial charge in [-0.3, -0.25) is 14.9 Å². The van der Waals surface area contributed by atoms with Crippen molar-refractivity contribution in [3.05, 3.63) is 107 Å². The molecule has 3 aromatic rings. The van der Waals surface area contributed by atoms with E-state index in [9.17, 15) is 9.59 Å². The lowest BCUT2D eigenvalue weighted by Gasteiger charge is -2.21. The van der Waals surface area contributed by atoms with Crippen molar-refractivity contribution >= 4 is 11.7 Å². The SMILES string of the molecule is CC(=O)[C@H](Cc1ccccc1)NC(=O)CN[C@H](c1ccccc1)c1ccc(C)cc1. The number of aryl methyl sites for hydroxylation is 1. The summed E-state index contributed by atoms with van der Waals surface area (Å²) in [4.78, 5) is 24.7. The third-order valence-electron chi connectivity index (χ3n) is 5.12. The van der Waals surface area contributed by atoms with Gasteiger partial charge in [-0.25, -0.2) is 0 Å². The third kappa shape index (κ3) is 6.13. The number of hydrogen-bond acceptors (Lipinski definition) is 3. The zero-order valence-corrected chi connectivity index (χ0v) is 17.5. The van der Waals surface area contributed by atoms with Gasteiger partial charge in [0.1, 0.15) is 0 Å². The van der Waals surface area contributed by atoms with Gasteiger partial charge in [0.05, 0.1) is 18.6 Å². The van der Waals surface area contributed by atoms with Crippen molar-refractivity contribution in [1.29, 1.82) is 0 Å². The highest BCUT2D eigenvalue weighted by atomic mass is 16.2. The molecule has 4 heteroatoms. The summed E-state index contributed by atoms with van der Waals surface area (Å²) in [6.45, 7) is 3.68. The number of benzene rings is 3. The summed E-state index contributed by atoms with van der Waals surface area (Å²) in [7, 11) is 0. The second-order valence-corrected chi connectivity index (χ2v) is 7.56. The number of carbonyl (C=O) groups is 2. The van der Waals surface area contributed by atoms with E-state index in [1.54, 1.807) is 0 Å². The molecule has 0 spiro atoms. The number of carbonyl (C=O) groups excluding carboxylic acids is 2. The van der Waals surface area contributed by atoms with Crippen LogP contribution < -0.4 is 10.6 Å². The molecule has 1 amide bonds. The minimum Gasteiger partial charge on any atom is -0.345 e. The zero-order valence-electron chi connectivity index (χ0n) is 17.5. The van der Waals surface area contributed by atoms with E-state index >= 15 is 0 Å². The topological polar surface area (TPSA) is 58.2 Å². The molecule has 0 saturated heterocycles. The fraction of sp³-hybridized carbons (Fsp3) is 0.231. The maximum absolute atomic E-state index is 12.6. The summed E-state index contributed by atoms with van der Waals surface area (Å²) in [5.74, 6) is -0.246. The van der Waals surface area contributed by atoms with E-state index in [4.69, 9.17) is 0 Å². The fourth-order valence-electron chi connectivity index (χ4n) is 3.42. The molecule has 4 nitrogen and oxygen atoms in total. The summed E-state index contributed by atoms with van der Waals surface area (Å²) >= 11 is 0.